The number of hydrogen-bond donors (Lipinski definition) is 0. The van der Waals surface area contributed by atoms with Crippen LogP contribution in [0.15, 0.2) is 69.5 Å². The molecule has 0 fully saturated rings. The molecule has 0 aliphatic heterocycles. The molecule has 0 aliphatic carbocycles. The van der Waals surface area contributed by atoms with Crippen molar-refractivity contribution in [2.24, 2.45) is 5.16 Å². The Kier molecular flexibility index (Phi) is 7.00. The van der Waals surface area contributed by atoms with E-state index in [1.165, 1.54) is 6.92 Å². The summed E-state index contributed by atoms with van der Waals surface area (Å²) < 4.78 is 0. The second kappa shape index (κ2) is 9.45. The Morgan fingerprint density at radius 3 is 2.32 bits per heavy atom. The Bertz CT molecular complexity index is 805. The van der Waals surface area contributed by atoms with E-state index in [1.807, 2.05) is 42.5 Å². The van der Waals surface area contributed by atoms with Crippen LogP contribution in [-0.2, 0) is 9.63 Å². The molecule has 0 spiro atoms. The number of oxime groups is 1. The quantitative estimate of drug-likeness (QED) is 0.245. The summed E-state index contributed by atoms with van der Waals surface area (Å²) >= 11 is 1.61. The van der Waals surface area contributed by atoms with Gasteiger partial charge in [-0.25, -0.2) is 4.79 Å². The molecule has 4 nitrogen and oxygen atoms in total. The van der Waals surface area contributed by atoms with E-state index in [0.717, 1.165) is 9.79 Å². The minimum Gasteiger partial charge on any atom is -0.318 e. The molecule has 2 rings (SSSR count). The van der Waals surface area contributed by atoms with Gasteiger partial charge in [0, 0.05) is 35.1 Å². The molecule has 0 saturated carbocycles. The summed E-state index contributed by atoms with van der Waals surface area (Å²) in [6.45, 7) is 1.22. The van der Waals surface area contributed by atoms with Gasteiger partial charge in [-0.2, -0.15) is 0 Å². The van der Waals surface area contributed by atoms with Gasteiger partial charge in [0.15, 0.2) is 0 Å². The van der Waals surface area contributed by atoms with Crippen LogP contribution < -0.4 is 0 Å². The van der Waals surface area contributed by atoms with E-state index >= 15 is 0 Å². The lowest BCUT2D eigenvalue weighted by Crippen LogP contribution is -2.15. The molecule has 2 aromatic rings. The van der Waals surface area contributed by atoms with E-state index in [0.29, 0.717) is 12.0 Å². The molecule has 0 heterocycles. The highest BCUT2D eigenvalue weighted by atomic mass is 32.2. The fourth-order valence-electron chi connectivity index (χ4n) is 1.98. The third-order valence-corrected chi connectivity index (χ3v) is 4.16. The molecule has 0 unspecified atom stereocenters. The molecule has 0 radical (unpaired) electrons. The zero-order valence-corrected chi connectivity index (χ0v) is 14.6. The molecule has 0 N–H and O–H groups in total. The average molecular weight is 351 g/mol. The summed E-state index contributed by atoms with van der Waals surface area (Å²) in [4.78, 5) is 30.2. The topological polar surface area (TPSA) is 55.7 Å². The number of terminal acetylenes is 1. The van der Waals surface area contributed by atoms with Crippen molar-refractivity contribution in [3.8, 4) is 12.3 Å². The summed E-state index contributed by atoms with van der Waals surface area (Å²) in [6, 6.07) is 17.2. The van der Waals surface area contributed by atoms with Gasteiger partial charge in [0.2, 0.25) is 5.78 Å². The lowest BCUT2D eigenvalue weighted by molar-refractivity contribution is -0.140. The number of carbonyl (C=O) groups is 2. The van der Waals surface area contributed by atoms with E-state index in [4.69, 9.17) is 6.42 Å². The zero-order valence-electron chi connectivity index (χ0n) is 13.8. The van der Waals surface area contributed by atoms with Gasteiger partial charge < -0.3 is 4.84 Å². The maximum atomic E-state index is 12.5. The van der Waals surface area contributed by atoms with Crippen molar-refractivity contribution >= 4 is 29.2 Å². The normalized spacial score (nSPS) is 10.8. The number of nitrogens with zero attached hydrogens (tertiary/aromatic N) is 1. The van der Waals surface area contributed by atoms with Gasteiger partial charge in [-0.1, -0.05) is 35.1 Å². The van der Waals surface area contributed by atoms with E-state index in [-0.39, 0.29) is 17.9 Å². The molecule has 2 aromatic carbocycles. The third kappa shape index (κ3) is 5.94. The van der Waals surface area contributed by atoms with Crippen LogP contribution in [-0.4, -0.2) is 17.5 Å². The number of Topliss-reactive ketones (excluding diaryl/α,β-unsaturated/α-hetero) is 1. The summed E-state index contributed by atoms with van der Waals surface area (Å²) in [5, 5.41) is 3.64. The first kappa shape index (κ1) is 18.5. The maximum Gasteiger partial charge on any atom is 0.331 e. The van der Waals surface area contributed by atoms with Gasteiger partial charge in [0.1, 0.15) is 5.71 Å². The Morgan fingerprint density at radius 2 is 1.72 bits per heavy atom. The van der Waals surface area contributed by atoms with Crippen molar-refractivity contribution in [1.82, 2.24) is 0 Å². The van der Waals surface area contributed by atoms with Crippen LogP contribution in [0.4, 0.5) is 0 Å². The first-order valence-electron chi connectivity index (χ1n) is 7.65. The number of hydrogen-bond acceptors (Lipinski definition) is 5. The highest BCUT2D eigenvalue weighted by molar-refractivity contribution is 7.99. The summed E-state index contributed by atoms with van der Waals surface area (Å²) in [6.07, 6.45) is 5.83. The molecule has 0 aromatic heterocycles. The molecule has 0 aliphatic rings. The van der Waals surface area contributed by atoms with Gasteiger partial charge in [0.05, 0.1) is 0 Å². The SMILES string of the molecule is C#CCC/C(=N\OC(C)=O)C(=O)c1ccc(Sc2ccccc2)cc1. The van der Waals surface area contributed by atoms with E-state index < -0.39 is 5.97 Å². The number of benzene rings is 2. The number of ketones is 1. The molecule has 0 atom stereocenters. The Balaban J connectivity index is 2.12. The molecule has 5 heteroatoms. The van der Waals surface area contributed by atoms with Crippen molar-refractivity contribution in [1.29, 1.82) is 0 Å². The Labute approximate surface area is 151 Å². The van der Waals surface area contributed by atoms with Gasteiger partial charge >= 0.3 is 5.97 Å². The lowest BCUT2D eigenvalue weighted by atomic mass is 10.0. The van der Waals surface area contributed by atoms with E-state index in [1.54, 1.807) is 23.9 Å². The van der Waals surface area contributed by atoms with Gasteiger partial charge in [0.25, 0.3) is 0 Å². The predicted molar refractivity (Wildman–Crippen MR) is 98.6 cm³/mol. The van der Waals surface area contributed by atoms with E-state index in [2.05, 4.69) is 15.9 Å². The highest BCUT2D eigenvalue weighted by Crippen LogP contribution is 2.27. The number of rotatable bonds is 7. The second-order valence-electron chi connectivity index (χ2n) is 5.09. The largest absolute Gasteiger partial charge is 0.331 e. The molecule has 126 valence electrons. The minimum absolute atomic E-state index is 0.136. The van der Waals surface area contributed by atoms with Crippen molar-refractivity contribution in [2.45, 2.75) is 29.6 Å². The first-order valence-corrected chi connectivity index (χ1v) is 8.47. The van der Waals surface area contributed by atoms with Crippen molar-refractivity contribution in [2.75, 3.05) is 0 Å². The van der Waals surface area contributed by atoms with Crippen molar-refractivity contribution < 1.29 is 14.4 Å². The minimum atomic E-state index is -0.583. The Morgan fingerprint density at radius 1 is 1.08 bits per heavy atom. The van der Waals surface area contributed by atoms with Gasteiger partial charge in [-0.05, 0) is 36.4 Å². The highest BCUT2D eigenvalue weighted by Gasteiger charge is 2.15. The fraction of sp³-hybridized carbons (Fsp3) is 0.150. The van der Waals surface area contributed by atoms with E-state index in [9.17, 15) is 9.59 Å². The van der Waals surface area contributed by atoms with Gasteiger partial charge in [-0.3, -0.25) is 4.79 Å². The van der Waals surface area contributed by atoms with Crippen LogP contribution >= 0.6 is 11.8 Å². The predicted octanol–water partition coefficient (Wildman–Crippen LogP) is 4.35. The summed E-state index contributed by atoms with van der Waals surface area (Å²) in [5.41, 5.74) is 0.608. The van der Waals surface area contributed by atoms with Crippen LogP contribution in [0.2, 0.25) is 0 Å². The van der Waals surface area contributed by atoms with Crippen LogP contribution in [0.3, 0.4) is 0 Å². The standard InChI is InChI=1S/C20H17NO3S/c1-3-4-10-19(21-24-15(2)22)20(23)16-11-13-18(14-12-16)25-17-8-6-5-7-9-17/h1,5-9,11-14H,4,10H2,2H3/b21-19+. The second-order valence-corrected chi connectivity index (χ2v) is 6.24. The van der Waals surface area contributed by atoms with Crippen molar-refractivity contribution in [3.63, 3.8) is 0 Å². The molecule has 0 saturated heterocycles. The summed E-state index contributed by atoms with van der Waals surface area (Å²) in [5.74, 6) is 1.57. The van der Waals surface area contributed by atoms with Crippen LogP contribution in [0, 0.1) is 12.3 Å². The lowest BCUT2D eigenvalue weighted by Gasteiger charge is -2.05. The summed E-state index contributed by atoms with van der Waals surface area (Å²) in [7, 11) is 0. The molecule has 25 heavy (non-hydrogen) atoms. The molecule has 0 bridgehead atoms. The maximum absolute atomic E-state index is 12.5. The molecule has 0 amide bonds. The smallest absolute Gasteiger partial charge is 0.318 e. The van der Waals surface area contributed by atoms with Crippen LogP contribution in [0.25, 0.3) is 0 Å². The zero-order chi connectivity index (χ0) is 18.1. The van der Waals surface area contributed by atoms with Crippen molar-refractivity contribution in [3.05, 3.63) is 60.2 Å². The molecular weight excluding hydrogens is 334 g/mol. The first-order chi connectivity index (χ1) is 12.1. The Hall–Kier alpha value is -2.84. The third-order valence-electron chi connectivity index (χ3n) is 3.15. The van der Waals surface area contributed by atoms with Crippen LogP contribution in [0.5, 0.6) is 0 Å². The molecular formula is C20H17NO3S. The number of carbonyl (C=O) groups excluding carboxylic acids is 2. The fourth-order valence-corrected chi connectivity index (χ4v) is 2.81. The monoisotopic (exact) mass is 351 g/mol. The van der Waals surface area contributed by atoms with Gasteiger partial charge in [-0.15, -0.1) is 12.3 Å². The van der Waals surface area contributed by atoms with Crippen LogP contribution in [0.1, 0.15) is 30.1 Å². The average Bonchev–Trinajstić information content (AvgIpc) is 2.62.